The Balaban J connectivity index is 1.26. The van der Waals surface area contributed by atoms with Gasteiger partial charge in [0.25, 0.3) is 5.56 Å². The summed E-state index contributed by atoms with van der Waals surface area (Å²) in [4.78, 5) is 45.8. The fraction of sp³-hybridized carbons (Fsp3) is 0.391. The van der Waals surface area contributed by atoms with Gasteiger partial charge in [-0.3, -0.25) is 9.59 Å². The average molecular weight is 470 g/mol. The van der Waals surface area contributed by atoms with Crippen molar-refractivity contribution in [3.63, 3.8) is 0 Å². The van der Waals surface area contributed by atoms with E-state index >= 15 is 0 Å². The highest BCUT2D eigenvalue weighted by atomic mass is 32.1. The molecule has 1 aliphatic rings. The first kappa shape index (κ1) is 22.9. The van der Waals surface area contributed by atoms with E-state index in [2.05, 4.69) is 25.9 Å². The Morgan fingerprint density at radius 2 is 1.91 bits per heavy atom. The van der Waals surface area contributed by atoms with Crippen LogP contribution in [-0.4, -0.2) is 41.2 Å². The molecular weight excluding hydrogens is 442 g/mol. The zero-order chi connectivity index (χ0) is 23.4. The van der Waals surface area contributed by atoms with E-state index in [-0.39, 0.29) is 30.0 Å². The molecule has 174 valence electrons. The Hall–Kier alpha value is -3.24. The van der Waals surface area contributed by atoms with Crippen molar-refractivity contribution in [1.29, 1.82) is 0 Å². The molecule has 1 atom stereocenters. The van der Waals surface area contributed by atoms with Crippen LogP contribution in [0.1, 0.15) is 35.5 Å². The van der Waals surface area contributed by atoms with E-state index in [1.807, 2.05) is 13.8 Å². The molecule has 4 rings (SSSR count). The smallest absolute Gasteiger partial charge is 0.319 e. The second-order valence-electron chi connectivity index (χ2n) is 8.07. The minimum absolute atomic E-state index is 0.0850. The Morgan fingerprint density at radius 1 is 1.18 bits per heavy atom. The third kappa shape index (κ3) is 5.77. The van der Waals surface area contributed by atoms with Crippen LogP contribution in [0.2, 0.25) is 0 Å². The molecule has 1 saturated heterocycles. The number of carbonyl (C=O) groups excluding carboxylic acids is 2. The predicted molar refractivity (Wildman–Crippen MR) is 129 cm³/mol. The number of benzene rings is 1. The summed E-state index contributed by atoms with van der Waals surface area (Å²) in [6, 6.07) is 6.58. The zero-order valence-corrected chi connectivity index (χ0v) is 19.4. The van der Waals surface area contributed by atoms with Crippen LogP contribution in [-0.2, 0) is 16.0 Å². The summed E-state index contributed by atoms with van der Waals surface area (Å²) in [5.41, 5.74) is 2.02. The van der Waals surface area contributed by atoms with Crippen molar-refractivity contribution in [2.75, 3.05) is 23.8 Å². The van der Waals surface area contributed by atoms with Crippen molar-refractivity contribution < 1.29 is 14.3 Å². The van der Waals surface area contributed by atoms with Gasteiger partial charge in [0.15, 0.2) is 0 Å². The summed E-state index contributed by atoms with van der Waals surface area (Å²) in [5, 5.41) is 9.00. The number of aryl methyl sites for hydroxylation is 3. The monoisotopic (exact) mass is 469 g/mol. The van der Waals surface area contributed by atoms with Crippen molar-refractivity contribution in [2.45, 2.75) is 45.6 Å². The lowest BCUT2D eigenvalue weighted by molar-refractivity contribution is -0.116. The zero-order valence-electron chi connectivity index (χ0n) is 18.6. The normalized spacial score (nSPS) is 15.5. The molecule has 9 nitrogen and oxygen atoms in total. The van der Waals surface area contributed by atoms with Crippen LogP contribution in [0.3, 0.4) is 0 Å². The molecule has 3 aromatic rings. The Labute approximate surface area is 195 Å². The lowest BCUT2D eigenvalue weighted by atomic mass is 10.2. The van der Waals surface area contributed by atoms with Crippen LogP contribution in [0, 0.1) is 13.8 Å². The summed E-state index contributed by atoms with van der Waals surface area (Å²) < 4.78 is 5.48. The van der Waals surface area contributed by atoms with Gasteiger partial charge >= 0.3 is 6.03 Å². The number of carbonyl (C=O) groups is 2. The van der Waals surface area contributed by atoms with E-state index in [1.165, 1.54) is 11.3 Å². The van der Waals surface area contributed by atoms with Gasteiger partial charge in [0, 0.05) is 42.2 Å². The van der Waals surface area contributed by atoms with Crippen molar-refractivity contribution in [3.05, 3.63) is 50.9 Å². The third-order valence-electron chi connectivity index (χ3n) is 5.62. The first-order valence-electron chi connectivity index (χ1n) is 10.9. The van der Waals surface area contributed by atoms with Crippen LogP contribution in [0.25, 0.3) is 10.2 Å². The highest BCUT2D eigenvalue weighted by Gasteiger charge is 2.16. The van der Waals surface area contributed by atoms with E-state index in [9.17, 15) is 14.4 Å². The first-order valence-corrected chi connectivity index (χ1v) is 11.8. The quantitative estimate of drug-likeness (QED) is 0.422. The maximum Gasteiger partial charge on any atom is 0.319 e. The molecule has 0 aliphatic carbocycles. The Kier molecular flexibility index (Phi) is 7.05. The predicted octanol–water partition coefficient (Wildman–Crippen LogP) is 3.47. The number of amides is 3. The molecule has 0 spiro atoms. The van der Waals surface area contributed by atoms with Crippen LogP contribution in [0.4, 0.5) is 16.2 Å². The number of fused-ring (bicyclic) bond motifs is 1. The van der Waals surface area contributed by atoms with Gasteiger partial charge in [0.05, 0.1) is 11.5 Å². The molecule has 3 heterocycles. The molecule has 3 amide bonds. The second-order valence-corrected chi connectivity index (χ2v) is 9.27. The van der Waals surface area contributed by atoms with Crippen molar-refractivity contribution in [1.82, 2.24) is 15.3 Å². The van der Waals surface area contributed by atoms with Crippen LogP contribution >= 0.6 is 11.3 Å². The number of thiophene rings is 1. The lowest BCUT2D eigenvalue weighted by Gasteiger charge is -2.12. The molecule has 1 unspecified atom stereocenters. The van der Waals surface area contributed by atoms with Gasteiger partial charge in [-0.05, 0) is 56.5 Å². The maximum atomic E-state index is 12.4. The van der Waals surface area contributed by atoms with E-state index in [0.29, 0.717) is 40.4 Å². The van der Waals surface area contributed by atoms with E-state index in [4.69, 9.17) is 4.74 Å². The number of hydrogen-bond donors (Lipinski definition) is 4. The molecule has 33 heavy (non-hydrogen) atoms. The maximum absolute atomic E-state index is 12.4. The van der Waals surface area contributed by atoms with Crippen LogP contribution in [0.15, 0.2) is 29.1 Å². The molecule has 0 bridgehead atoms. The summed E-state index contributed by atoms with van der Waals surface area (Å²) in [6.07, 6.45) is 2.59. The first-order chi connectivity index (χ1) is 15.9. The molecule has 2 aromatic heterocycles. The molecule has 1 aromatic carbocycles. The Bertz CT molecular complexity index is 1210. The second kappa shape index (κ2) is 10.1. The number of anilines is 2. The number of ether oxygens (including phenoxy) is 1. The third-order valence-corrected chi connectivity index (χ3v) is 6.72. The minimum atomic E-state index is -0.295. The van der Waals surface area contributed by atoms with E-state index in [0.717, 1.165) is 29.9 Å². The van der Waals surface area contributed by atoms with Gasteiger partial charge in [0.1, 0.15) is 10.7 Å². The van der Waals surface area contributed by atoms with Crippen molar-refractivity contribution in [2.24, 2.45) is 0 Å². The topological polar surface area (TPSA) is 125 Å². The van der Waals surface area contributed by atoms with Gasteiger partial charge in [-0.15, -0.1) is 11.3 Å². The fourth-order valence-electron chi connectivity index (χ4n) is 3.70. The van der Waals surface area contributed by atoms with Gasteiger partial charge in [-0.1, -0.05) is 0 Å². The van der Waals surface area contributed by atoms with Gasteiger partial charge in [-0.2, -0.15) is 0 Å². The fourth-order valence-corrected chi connectivity index (χ4v) is 4.75. The number of rotatable bonds is 7. The molecule has 1 aliphatic heterocycles. The highest BCUT2D eigenvalue weighted by molar-refractivity contribution is 7.18. The van der Waals surface area contributed by atoms with Gasteiger partial charge in [-0.25, -0.2) is 9.78 Å². The SMILES string of the molecule is Cc1sc2nc(CCC(=O)Nc3ccc(NC(=O)NCC4CCCO4)cc3)[nH]c(=O)c2c1C. The number of nitrogens with zero attached hydrogens (tertiary/aromatic N) is 1. The van der Waals surface area contributed by atoms with Crippen LogP contribution < -0.4 is 21.5 Å². The van der Waals surface area contributed by atoms with Gasteiger partial charge < -0.3 is 25.7 Å². The van der Waals surface area contributed by atoms with Crippen molar-refractivity contribution >= 4 is 44.9 Å². The lowest BCUT2D eigenvalue weighted by Crippen LogP contribution is -2.35. The van der Waals surface area contributed by atoms with Gasteiger partial charge in [0.2, 0.25) is 5.91 Å². The minimum Gasteiger partial charge on any atom is -0.376 e. The number of aromatic amines is 1. The number of hydrogen-bond acceptors (Lipinski definition) is 6. The molecular formula is C23H27N5O4S. The number of urea groups is 1. The molecule has 1 fully saturated rings. The average Bonchev–Trinajstić information content (AvgIpc) is 3.40. The summed E-state index contributed by atoms with van der Waals surface area (Å²) in [7, 11) is 0. The van der Waals surface area contributed by atoms with Crippen LogP contribution in [0.5, 0.6) is 0 Å². The molecule has 4 N–H and O–H groups in total. The number of aromatic nitrogens is 2. The summed E-state index contributed by atoms with van der Waals surface area (Å²) in [5.74, 6) is 0.309. The molecule has 0 saturated carbocycles. The number of nitrogens with one attached hydrogen (secondary N) is 4. The molecule has 10 heteroatoms. The largest absolute Gasteiger partial charge is 0.376 e. The standard InChI is InChI=1S/C23H27N5O4S/c1-13-14(2)33-22-20(13)21(30)27-18(28-22)9-10-19(29)25-15-5-7-16(8-6-15)26-23(31)24-12-17-4-3-11-32-17/h5-8,17H,3-4,9-12H2,1-2H3,(H,25,29)(H2,24,26,31)(H,27,28,30). The highest BCUT2D eigenvalue weighted by Crippen LogP contribution is 2.25. The number of H-pyrrole nitrogens is 1. The van der Waals surface area contributed by atoms with E-state index in [1.54, 1.807) is 24.3 Å². The van der Waals surface area contributed by atoms with E-state index < -0.39 is 0 Å². The van der Waals surface area contributed by atoms with Crippen molar-refractivity contribution in [3.8, 4) is 0 Å². The summed E-state index contributed by atoms with van der Waals surface area (Å²) in [6.45, 7) is 5.11. The summed E-state index contributed by atoms with van der Waals surface area (Å²) >= 11 is 1.49. The molecule has 0 radical (unpaired) electrons. The Morgan fingerprint density at radius 3 is 2.61 bits per heavy atom.